The monoisotopic (exact) mass is 384 g/mol. The van der Waals surface area contributed by atoms with E-state index in [1.807, 2.05) is 49.1 Å². The molecule has 0 bridgehead atoms. The number of nitrogens with zero attached hydrogens (tertiary/aromatic N) is 4. The molecular weight excluding hydrogens is 364 g/mol. The first-order chi connectivity index (χ1) is 13.0. The van der Waals surface area contributed by atoms with E-state index in [4.69, 9.17) is 16.3 Å². The van der Waals surface area contributed by atoms with Crippen LogP contribution in [0.1, 0.15) is 34.7 Å². The summed E-state index contributed by atoms with van der Waals surface area (Å²) in [5.74, 6) is 0.793. The normalized spacial score (nSPS) is 15.3. The third kappa shape index (κ3) is 3.76. The molecule has 1 aliphatic heterocycles. The van der Waals surface area contributed by atoms with Gasteiger partial charge in [-0.25, -0.2) is 9.50 Å². The standard InChI is InChI=1S/C20H21ClN4O2/c1-13-11-18(25-19(22-13)12-14(2)23-25)20(26)24-9-7-17(8-10-24)27-16-5-3-15(21)4-6-16/h3-6,11-12,17H,7-10H2,1-2H3. The Morgan fingerprint density at radius 1 is 1.11 bits per heavy atom. The molecule has 0 aliphatic carbocycles. The number of likely N-dealkylation sites (tertiary alicyclic amines) is 1. The van der Waals surface area contributed by atoms with Crippen LogP contribution in [0.15, 0.2) is 36.4 Å². The third-order valence-electron chi connectivity index (χ3n) is 4.74. The Kier molecular flexibility index (Phi) is 4.74. The number of fused-ring (bicyclic) bond motifs is 1. The Morgan fingerprint density at radius 3 is 2.52 bits per heavy atom. The maximum absolute atomic E-state index is 13.1. The van der Waals surface area contributed by atoms with Gasteiger partial charge < -0.3 is 9.64 Å². The average Bonchev–Trinajstić information content (AvgIpc) is 3.03. The van der Waals surface area contributed by atoms with Crippen molar-refractivity contribution in [3.8, 4) is 5.75 Å². The summed E-state index contributed by atoms with van der Waals surface area (Å²) in [7, 11) is 0. The first-order valence-corrected chi connectivity index (χ1v) is 9.43. The fraction of sp³-hybridized carbons (Fsp3) is 0.350. The number of rotatable bonds is 3. The van der Waals surface area contributed by atoms with Crippen LogP contribution in [0.2, 0.25) is 5.02 Å². The molecule has 7 heteroatoms. The largest absolute Gasteiger partial charge is 0.490 e. The van der Waals surface area contributed by atoms with Crippen molar-refractivity contribution >= 4 is 23.2 Å². The molecule has 0 spiro atoms. The number of amides is 1. The maximum Gasteiger partial charge on any atom is 0.272 e. The smallest absolute Gasteiger partial charge is 0.272 e. The van der Waals surface area contributed by atoms with E-state index in [0.29, 0.717) is 29.5 Å². The Balaban J connectivity index is 1.45. The maximum atomic E-state index is 13.1. The molecule has 3 heterocycles. The van der Waals surface area contributed by atoms with Gasteiger partial charge in [0, 0.05) is 42.7 Å². The molecule has 0 atom stereocenters. The number of hydrogen-bond donors (Lipinski definition) is 0. The second-order valence-electron chi connectivity index (χ2n) is 6.90. The molecule has 0 N–H and O–H groups in total. The molecule has 1 aliphatic rings. The Morgan fingerprint density at radius 2 is 1.81 bits per heavy atom. The number of aryl methyl sites for hydroxylation is 2. The highest BCUT2D eigenvalue weighted by molar-refractivity contribution is 6.30. The first kappa shape index (κ1) is 17.8. The number of aromatic nitrogens is 3. The van der Waals surface area contributed by atoms with Gasteiger partial charge in [0.25, 0.3) is 5.91 Å². The van der Waals surface area contributed by atoms with Gasteiger partial charge in [0.2, 0.25) is 0 Å². The zero-order valence-corrected chi connectivity index (χ0v) is 16.1. The fourth-order valence-electron chi connectivity index (χ4n) is 3.41. The second-order valence-corrected chi connectivity index (χ2v) is 7.34. The molecular formula is C20H21ClN4O2. The minimum atomic E-state index is -0.0152. The summed E-state index contributed by atoms with van der Waals surface area (Å²) < 4.78 is 7.65. The summed E-state index contributed by atoms with van der Waals surface area (Å²) in [5.41, 5.74) is 2.92. The van der Waals surface area contributed by atoms with Gasteiger partial charge in [-0.1, -0.05) is 11.6 Å². The van der Waals surface area contributed by atoms with Crippen LogP contribution in [0.25, 0.3) is 5.65 Å². The summed E-state index contributed by atoms with van der Waals surface area (Å²) in [6.45, 7) is 5.10. The van der Waals surface area contributed by atoms with Gasteiger partial charge in [-0.15, -0.1) is 0 Å². The Hall–Kier alpha value is -2.60. The summed E-state index contributed by atoms with van der Waals surface area (Å²) in [6, 6.07) is 11.1. The summed E-state index contributed by atoms with van der Waals surface area (Å²) >= 11 is 5.91. The number of ether oxygens (including phenoxy) is 1. The van der Waals surface area contributed by atoms with E-state index in [2.05, 4.69) is 10.1 Å². The highest BCUT2D eigenvalue weighted by Gasteiger charge is 2.26. The van der Waals surface area contributed by atoms with E-state index in [-0.39, 0.29) is 12.0 Å². The lowest BCUT2D eigenvalue weighted by Crippen LogP contribution is -2.42. The van der Waals surface area contributed by atoms with Crippen LogP contribution >= 0.6 is 11.6 Å². The zero-order valence-electron chi connectivity index (χ0n) is 15.4. The van der Waals surface area contributed by atoms with E-state index in [0.717, 1.165) is 30.0 Å². The second kappa shape index (κ2) is 7.19. The Bertz CT molecular complexity index is 976. The third-order valence-corrected chi connectivity index (χ3v) is 4.99. The van der Waals surface area contributed by atoms with Crippen molar-refractivity contribution in [3.05, 3.63) is 58.5 Å². The van der Waals surface area contributed by atoms with Crippen LogP contribution in [0.5, 0.6) is 5.75 Å². The molecule has 3 aromatic rings. The minimum Gasteiger partial charge on any atom is -0.490 e. The number of hydrogen-bond acceptors (Lipinski definition) is 4. The molecule has 0 radical (unpaired) electrons. The summed E-state index contributed by atoms with van der Waals surface area (Å²) in [6.07, 6.45) is 1.68. The van der Waals surface area contributed by atoms with Gasteiger partial charge in [0.15, 0.2) is 5.65 Å². The molecule has 140 valence electrons. The van der Waals surface area contributed by atoms with Gasteiger partial charge in [-0.2, -0.15) is 5.10 Å². The lowest BCUT2D eigenvalue weighted by atomic mass is 10.1. The molecule has 6 nitrogen and oxygen atoms in total. The van der Waals surface area contributed by atoms with Gasteiger partial charge in [0.1, 0.15) is 17.5 Å². The number of halogens is 1. The molecule has 1 fully saturated rings. The lowest BCUT2D eigenvalue weighted by molar-refractivity contribution is 0.0587. The topological polar surface area (TPSA) is 59.7 Å². The van der Waals surface area contributed by atoms with E-state index in [1.54, 1.807) is 10.6 Å². The number of carbonyl (C=O) groups excluding carboxylic acids is 1. The first-order valence-electron chi connectivity index (χ1n) is 9.05. The van der Waals surface area contributed by atoms with Crippen LogP contribution in [0, 0.1) is 13.8 Å². The van der Waals surface area contributed by atoms with Gasteiger partial charge in [-0.3, -0.25) is 4.79 Å². The lowest BCUT2D eigenvalue weighted by Gasteiger charge is -2.32. The van der Waals surface area contributed by atoms with Crippen molar-refractivity contribution in [2.75, 3.05) is 13.1 Å². The van der Waals surface area contributed by atoms with Crippen molar-refractivity contribution in [2.24, 2.45) is 0 Å². The molecule has 1 saturated heterocycles. The predicted octanol–water partition coefficient (Wildman–Crippen LogP) is 3.68. The predicted molar refractivity (Wildman–Crippen MR) is 103 cm³/mol. The minimum absolute atomic E-state index is 0.0152. The molecule has 1 aromatic carbocycles. The van der Waals surface area contributed by atoms with E-state index in [9.17, 15) is 4.79 Å². The van der Waals surface area contributed by atoms with Crippen LogP contribution < -0.4 is 4.74 Å². The van der Waals surface area contributed by atoms with Crippen molar-refractivity contribution in [3.63, 3.8) is 0 Å². The molecule has 0 saturated carbocycles. The molecule has 0 unspecified atom stereocenters. The van der Waals surface area contributed by atoms with Crippen LogP contribution in [-0.2, 0) is 0 Å². The highest BCUT2D eigenvalue weighted by Crippen LogP contribution is 2.22. The summed E-state index contributed by atoms with van der Waals surface area (Å²) in [4.78, 5) is 19.4. The quantitative estimate of drug-likeness (QED) is 0.691. The average molecular weight is 385 g/mol. The number of carbonyl (C=O) groups is 1. The molecule has 4 rings (SSSR count). The summed E-state index contributed by atoms with van der Waals surface area (Å²) in [5, 5.41) is 5.11. The number of piperidine rings is 1. The van der Waals surface area contributed by atoms with Gasteiger partial charge >= 0.3 is 0 Å². The SMILES string of the molecule is Cc1cc(C(=O)N2CCC(Oc3ccc(Cl)cc3)CC2)n2nc(C)cc2n1. The van der Waals surface area contributed by atoms with Crippen molar-refractivity contribution in [1.29, 1.82) is 0 Å². The van der Waals surface area contributed by atoms with E-state index < -0.39 is 0 Å². The zero-order chi connectivity index (χ0) is 19.0. The highest BCUT2D eigenvalue weighted by atomic mass is 35.5. The van der Waals surface area contributed by atoms with Crippen LogP contribution in [-0.4, -0.2) is 44.6 Å². The van der Waals surface area contributed by atoms with Crippen LogP contribution in [0.3, 0.4) is 0 Å². The van der Waals surface area contributed by atoms with E-state index >= 15 is 0 Å². The van der Waals surface area contributed by atoms with Crippen molar-refractivity contribution in [2.45, 2.75) is 32.8 Å². The Labute approximate surface area is 162 Å². The van der Waals surface area contributed by atoms with E-state index in [1.165, 1.54) is 0 Å². The van der Waals surface area contributed by atoms with Crippen LogP contribution in [0.4, 0.5) is 0 Å². The molecule has 2 aromatic heterocycles. The molecule has 1 amide bonds. The van der Waals surface area contributed by atoms with Crippen molar-refractivity contribution in [1.82, 2.24) is 19.5 Å². The number of benzene rings is 1. The fourth-order valence-corrected chi connectivity index (χ4v) is 3.54. The molecule has 27 heavy (non-hydrogen) atoms. The van der Waals surface area contributed by atoms with Gasteiger partial charge in [0.05, 0.1) is 5.69 Å². The van der Waals surface area contributed by atoms with Crippen molar-refractivity contribution < 1.29 is 9.53 Å². The van der Waals surface area contributed by atoms with Gasteiger partial charge in [-0.05, 0) is 44.2 Å².